The molecule has 0 bridgehead atoms. The monoisotopic (exact) mass is 337 g/mol. The zero-order valence-electron chi connectivity index (χ0n) is 10.4. The van der Waals surface area contributed by atoms with E-state index in [4.69, 9.17) is 4.74 Å². The third-order valence-electron chi connectivity index (χ3n) is 3.36. The maximum absolute atomic E-state index is 13.0. The fourth-order valence-electron chi connectivity index (χ4n) is 2.38. The van der Waals surface area contributed by atoms with Gasteiger partial charge in [-0.25, -0.2) is 0 Å². The molecule has 1 saturated carbocycles. The molecule has 0 heterocycles. The minimum atomic E-state index is -4.36. The minimum absolute atomic E-state index is 0.0345. The highest BCUT2D eigenvalue weighted by molar-refractivity contribution is 9.10. The Morgan fingerprint density at radius 1 is 1.32 bits per heavy atom. The molecule has 0 aromatic heterocycles. The summed E-state index contributed by atoms with van der Waals surface area (Å²) in [5, 5.41) is 2.99. The summed E-state index contributed by atoms with van der Waals surface area (Å²) < 4.78 is 44.5. The molecule has 2 nitrogen and oxygen atoms in total. The van der Waals surface area contributed by atoms with Gasteiger partial charge >= 0.3 is 6.18 Å². The third-order valence-corrected chi connectivity index (χ3v) is 3.86. The van der Waals surface area contributed by atoms with Crippen LogP contribution in [0.1, 0.15) is 24.8 Å². The molecule has 1 aliphatic carbocycles. The molecule has 1 aliphatic rings. The Morgan fingerprint density at radius 2 is 2.05 bits per heavy atom. The Kier molecular flexibility index (Phi) is 4.40. The van der Waals surface area contributed by atoms with Gasteiger partial charge in [0.1, 0.15) is 0 Å². The standard InChI is InChI=1S/C13H15BrF3NO/c1-19-10-4-3-9(7-10)18-12-5-2-8(14)6-11(12)13(15,16)17/h2,5-6,9-10,18H,3-4,7H2,1H3. The highest BCUT2D eigenvalue weighted by atomic mass is 79.9. The van der Waals surface area contributed by atoms with E-state index >= 15 is 0 Å². The molecule has 1 N–H and O–H groups in total. The van der Waals surface area contributed by atoms with E-state index in [9.17, 15) is 13.2 Å². The number of hydrogen-bond donors (Lipinski definition) is 1. The first-order valence-electron chi connectivity index (χ1n) is 6.06. The van der Waals surface area contributed by atoms with Crippen LogP contribution in [0, 0.1) is 0 Å². The average molecular weight is 338 g/mol. The zero-order chi connectivity index (χ0) is 14.0. The molecule has 2 atom stereocenters. The fraction of sp³-hybridized carbons (Fsp3) is 0.538. The Balaban J connectivity index is 2.16. The number of benzene rings is 1. The van der Waals surface area contributed by atoms with Gasteiger partial charge in [-0.2, -0.15) is 13.2 Å². The van der Waals surface area contributed by atoms with Crippen LogP contribution in [0.2, 0.25) is 0 Å². The number of alkyl halides is 3. The normalized spacial score (nSPS) is 23.6. The summed E-state index contributed by atoms with van der Waals surface area (Å²) in [5.74, 6) is 0. The molecule has 1 fully saturated rings. The van der Waals surface area contributed by atoms with Crippen LogP contribution in [0.25, 0.3) is 0 Å². The van der Waals surface area contributed by atoms with Crippen LogP contribution in [0.5, 0.6) is 0 Å². The van der Waals surface area contributed by atoms with Crippen molar-refractivity contribution in [2.24, 2.45) is 0 Å². The van der Waals surface area contributed by atoms with E-state index in [-0.39, 0.29) is 17.8 Å². The zero-order valence-corrected chi connectivity index (χ0v) is 12.0. The molecule has 1 aromatic carbocycles. The van der Waals surface area contributed by atoms with E-state index in [1.165, 1.54) is 6.07 Å². The molecule has 0 spiro atoms. The van der Waals surface area contributed by atoms with Gasteiger partial charge in [0.15, 0.2) is 0 Å². The van der Waals surface area contributed by atoms with Crippen LogP contribution < -0.4 is 5.32 Å². The Labute approximate surface area is 118 Å². The van der Waals surface area contributed by atoms with Crippen molar-refractivity contribution in [1.82, 2.24) is 0 Å². The van der Waals surface area contributed by atoms with Gasteiger partial charge in [-0.1, -0.05) is 15.9 Å². The Hall–Kier alpha value is -0.750. The number of ether oxygens (including phenoxy) is 1. The van der Waals surface area contributed by atoms with E-state index in [2.05, 4.69) is 21.2 Å². The number of anilines is 1. The summed E-state index contributed by atoms with van der Waals surface area (Å²) in [6.45, 7) is 0. The van der Waals surface area contributed by atoms with Gasteiger partial charge in [-0.05, 0) is 37.5 Å². The van der Waals surface area contributed by atoms with Crippen molar-refractivity contribution < 1.29 is 17.9 Å². The highest BCUT2D eigenvalue weighted by Gasteiger charge is 2.35. The SMILES string of the molecule is COC1CCC(Nc2ccc(Br)cc2C(F)(F)F)C1. The van der Waals surface area contributed by atoms with E-state index < -0.39 is 11.7 Å². The lowest BCUT2D eigenvalue weighted by Crippen LogP contribution is -2.20. The van der Waals surface area contributed by atoms with Crippen molar-refractivity contribution in [3.8, 4) is 0 Å². The van der Waals surface area contributed by atoms with Crippen LogP contribution in [0.15, 0.2) is 22.7 Å². The van der Waals surface area contributed by atoms with Crippen molar-refractivity contribution in [3.05, 3.63) is 28.2 Å². The summed E-state index contributed by atoms with van der Waals surface area (Å²) in [4.78, 5) is 0. The summed E-state index contributed by atoms with van der Waals surface area (Å²) in [6.07, 6.45) is -1.77. The fourth-order valence-corrected chi connectivity index (χ4v) is 2.74. The van der Waals surface area contributed by atoms with Crippen molar-refractivity contribution >= 4 is 21.6 Å². The van der Waals surface area contributed by atoms with Gasteiger partial charge < -0.3 is 10.1 Å². The summed E-state index contributed by atoms with van der Waals surface area (Å²) in [7, 11) is 1.63. The van der Waals surface area contributed by atoms with Crippen LogP contribution in [-0.2, 0) is 10.9 Å². The van der Waals surface area contributed by atoms with Crippen LogP contribution in [0.3, 0.4) is 0 Å². The molecular weight excluding hydrogens is 323 g/mol. The van der Waals surface area contributed by atoms with Crippen LogP contribution >= 0.6 is 15.9 Å². The number of nitrogens with one attached hydrogen (secondary N) is 1. The van der Waals surface area contributed by atoms with Crippen molar-refractivity contribution in [3.63, 3.8) is 0 Å². The molecule has 0 radical (unpaired) electrons. The van der Waals surface area contributed by atoms with Crippen molar-refractivity contribution in [1.29, 1.82) is 0 Å². The first-order valence-corrected chi connectivity index (χ1v) is 6.85. The maximum atomic E-state index is 13.0. The average Bonchev–Trinajstić information content (AvgIpc) is 2.78. The molecule has 2 unspecified atom stereocenters. The molecule has 0 saturated heterocycles. The van der Waals surface area contributed by atoms with Gasteiger partial charge in [-0.3, -0.25) is 0 Å². The van der Waals surface area contributed by atoms with Crippen LogP contribution in [0.4, 0.5) is 18.9 Å². The predicted molar refractivity (Wildman–Crippen MR) is 71.2 cm³/mol. The van der Waals surface area contributed by atoms with Crippen molar-refractivity contribution in [2.75, 3.05) is 12.4 Å². The largest absolute Gasteiger partial charge is 0.418 e. The van der Waals surface area contributed by atoms with E-state index in [1.54, 1.807) is 13.2 Å². The van der Waals surface area contributed by atoms with Gasteiger partial charge in [0, 0.05) is 23.3 Å². The number of rotatable bonds is 3. The number of hydrogen-bond acceptors (Lipinski definition) is 2. The van der Waals surface area contributed by atoms with E-state index in [1.807, 2.05) is 0 Å². The third kappa shape index (κ3) is 3.63. The maximum Gasteiger partial charge on any atom is 0.418 e. The van der Waals surface area contributed by atoms with E-state index in [0.29, 0.717) is 4.47 Å². The Bertz CT molecular complexity index is 450. The van der Waals surface area contributed by atoms with Gasteiger partial charge in [0.05, 0.1) is 11.7 Å². The second-order valence-electron chi connectivity index (χ2n) is 4.70. The molecule has 106 valence electrons. The molecule has 19 heavy (non-hydrogen) atoms. The van der Waals surface area contributed by atoms with E-state index in [0.717, 1.165) is 25.3 Å². The quantitative estimate of drug-likeness (QED) is 0.879. The van der Waals surface area contributed by atoms with Gasteiger partial charge in [0.25, 0.3) is 0 Å². The molecule has 6 heteroatoms. The van der Waals surface area contributed by atoms with Gasteiger partial charge in [0.2, 0.25) is 0 Å². The molecular formula is C13H15BrF3NO. The second-order valence-corrected chi connectivity index (χ2v) is 5.62. The summed E-state index contributed by atoms with van der Waals surface area (Å²) in [5.41, 5.74) is -0.500. The second kappa shape index (κ2) is 5.71. The molecule has 1 aromatic rings. The first-order chi connectivity index (χ1) is 8.90. The number of methoxy groups -OCH3 is 1. The lowest BCUT2D eigenvalue weighted by molar-refractivity contribution is -0.137. The van der Waals surface area contributed by atoms with Crippen molar-refractivity contribution in [2.45, 2.75) is 37.6 Å². The minimum Gasteiger partial charge on any atom is -0.382 e. The highest BCUT2D eigenvalue weighted by Crippen LogP contribution is 2.37. The van der Waals surface area contributed by atoms with Crippen LogP contribution in [-0.4, -0.2) is 19.3 Å². The lowest BCUT2D eigenvalue weighted by atomic mass is 10.1. The first kappa shape index (κ1) is 14.7. The lowest BCUT2D eigenvalue weighted by Gasteiger charge is -2.19. The summed E-state index contributed by atoms with van der Waals surface area (Å²) in [6, 6.07) is 4.21. The summed E-state index contributed by atoms with van der Waals surface area (Å²) >= 11 is 3.07. The molecule has 0 aliphatic heterocycles. The Morgan fingerprint density at radius 3 is 2.63 bits per heavy atom. The molecule has 0 amide bonds. The topological polar surface area (TPSA) is 21.3 Å². The molecule has 2 rings (SSSR count). The van der Waals surface area contributed by atoms with Gasteiger partial charge in [-0.15, -0.1) is 0 Å². The predicted octanol–water partition coefficient (Wildman–Crippen LogP) is 4.45. The smallest absolute Gasteiger partial charge is 0.382 e. The number of halogens is 4.